The van der Waals surface area contributed by atoms with Gasteiger partial charge < -0.3 is 29.9 Å². The van der Waals surface area contributed by atoms with Crippen LogP contribution in [0.1, 0.15) is 49.0 Å². The molecule has 1 amide bonds. The minimum absolute atomic E-state index is 0.0281. The van der Waals surface area contributed by atoms with Crippen molar-refractivity contribution in [3.63, 3.8) is 0 Å². The third-order valence-corrected chi connectivity index (χ3v) is 7.25. The molecule has 2 aromatic rings. The van der Waals surface area contributed by atoms with Crippen LogP contribution in [0, 0.1) is 5.92 Å². The molecule has 5 rings (SSSR count). The number of carbonyl (C=O) groups is 1. The average Bonchev–Trinajstić information content (AvgIpc) is 3.53. The monoisotopic (exact) mass is 440 g/mol. The summed E-state index contributed by atoms with van der Waals surface area (Å²) in [7, 11) is 0. The van der Waals surface area contributed by atoms with Crippen LogP contribution < -0.4 is 10.1 Å². The van der Waals surface area contributed by atoms with Crippen LogP contribution >= 0.6 is 0 Å². The van der Waals surface area contributed by atoms with Crippen molar-refractivity contribution in [1.29, 1.82) is 0 Å². The zero-order chi connectivity index (χ0) is 21.9. The molecule has 7 heteroatoms. The number of H-pyrrole nitrogens is 1. The lowest BCUT2D eigenvalue weighted by Gasteiger charge is -2.35. The molecule has 7 nitrogen and oxygen atoms in total. The summed E-state index contributed by atoms with van der Waals surface area (Å²) < 4.78 is 6.00. The topological polar surface area (TPSA) is 80.8 Å². The number of carbonyl (C=O) groups excluding carboxylic acids is 1. The van der Waals surface area contributed by atoms with E-state index in [0.717, 1.165) is 88.2 Å². The third kappa shape index (κ3) is 5.45. The van der Waals surface area contributed by atoms with Gasteiger partial charge in [0.1, 0.15) is 11.4 Å². The molecule has 3 N–H and O–H groups in total. The fourth-order valence-corrected chi connectivity index (χ4v) is 4.86. The average molecular weight is 441 g/mol. The number of aromatic nitrogens is 1. The Hall–Kier alpha value is -2.09. The van der Waals surface area contributed by atoms with Crippen molar-refractivity contribution in [3.8, 4) is 5.75 Å². The Morgan fingerprint density at radius 1 is 1.03 bits per heavy atom. The van der Waals surface area contributed by atoms with Crippen molar-refractivity contribution in [2.75, 3.05) is 45.9 Å². The van der Waals surface area contributed by atoms with Gasteiger partial charge in [-0.05, 0) is 62.6 Å². The molecule has 1 aliphatic carbocycles. The summed E-state index contributed by atoms with van der Waals surface area (Å²) in [6.45, 7) is 6.97. The number of hydrogen-bond acceptors (Lipinski definition) is 5. The number of aliphatic hydroxyl groups is 1. The zero-order valence-electron chi connectivity index (χ0n) is 18.9. The van der Waals surface area contributed by atoms with Gasteiger partial charge in [0.05, 0.1) is 12.7 Å². The molecular weight excluding hydrogens is 404 g/mol. The van der Waals surface area contributed by atoms with Gasteiger partial charge in [-0.2, -0.15) is 0 Å². The zero-order valence-corrected chi connectivity index (χ0v) is 18.9. The minimum atomic E-state index is -0.107. The van der Waals surface area contributed by atoms with Crippen molar-refractivity contribution < 1.29 is 14.6 Å². The molecule has 3 heterocycles. The lowest BCUT2D eigenvalue weighted by Crippen LogP contribution is -2.47. The number of ether oxygens (including phenoxy) is 1. The lowest BCUT2D eigenvalue weighted by molar-refractivity contribution is 0.0729. The van der Waals surface area contributed by atoms with Gasteiger partial charge in [-0.1, -0.05) is 6.07 Å². The van der Waals surface area contributed by atoms with E-state index < -0.39 is 0 Å². The number of rotatable bonds is 8. The summed E-state index contributed by atoms with van der Waals surface area (Å²) >= 11 is 0. The summed E-state index contributed by atoms with van der Waals surface area (Å²) in [5.41, 5.74) is 1.56. The Morgan fingerprint density at radius 3 is 2.41 bits per heavy atom. The highest BCUT2D eigenvalue weighted by Gasteiger charge is 2.24. The first-order valence-electron chi connectivity index (χ1n) is 12.3. The van der Waals surface area contributed by atoms with Gasteiger partial charge >= 0.3 is 0 Å². The van der Waals surface area contributed by atoms with Crippen LogP contribution in [0.25, 0.3) is 10.9 Å². The molecule has 3 aliphatic rings. The van der Waals surface area contributed by atoms with E-state index >= 15 is 0 Å². The van der Waals surface area contributed by atoms with E-state index in [-0.39, 0.29) is 18.1 Å². The van der Waals surface area contributed by atoms with Gasteiger partial charge in [0.25, 0.3) is 5.91 Å². The molecule has 1 aromatic carbocycles. The molecule has 0 radical (unpaired) electrons. The number of aliphatic hydroxyl groups excluding tert-OH is 1. The van der Waals surface area contributed by atoms with Crippen LogP contribution in [0.2, 0.25) is 0 Å². The van der Waals surface area contributed by atoms with E-state index in [4.69, 9.17) is 4.74 Å². The van der Waals surface area contributed by atoms with Crippen LogP contribution in [-0.4, -0.2) is 83.8 Å². The molecule has 0 bridgehead atoms. The molecule has 1 aromatic heterocycles. The number of fused-ring (bicyclic) bond motifs is 1. The van der Waals surface area contributed by atoms with Crippen molar-refractivity contribution in [2.45, 2.75) is 50.7 Å². The standard InChI is InChI=1S/C25H36N4O3/c30-20-8-12-29(13-9-20)15-14-28-10-6-19(7-11-28)26-25(31)23-16-21-22(27-23)2-1-3-24(21)32-17-18-4-5-18/h1-3,16,18-20,27,30H,4-15,17H2,(H,26,31). The maximum atomic E-state index is 12.9. The van der Waals surface area contributed by atoms with Gasteiger partial charge in [-0.25, -0.2) is 0 Å². The molecule has 2 aliphatic heterocycles. The van der Waals surface area contributed by atoms with Crippen molar-refractivity contribution in [3.05, 3.63) is 30.0 Å². The normalized spacial score (nSPS) is 21.8. The Labute approximate surface area is 190 Å². The second-order valence-electron chi connectivity index (χ2n) is 9.82. The van der Waals surface area contributed by atoms with Gasteiger partial charge in [0.15, 0.2) is 0 Å². The third-order valence-electron chi connectivity index (χ3n) is 7.25. The molecule has 3 fully saturated rings. The van der Waals surface area contributed by atoms with Crippen LogP contribution in [0.3, 0.4) is 0 Å². The van der Waals surface area contributed by atoms with E-state index in [1.54, 1.807) is 0 Å². The number of amides is 1. The van der Waals surface area contributed by atoms with Gasteiger partial charge in [0, 0.05) is 56.2 Å². The van der Waals surface area contributed by atoms with Crippen molar-refractivity contribution >= 4 is 16.8 Å². The highest BCUT2D eigenvalue weighted by Crippen LogP contribution is 2.32. The quantitative estimate of drug-likeness (QED) is 0.588. The molecule has 2 saturated heterocycles. The molecule has 0 atom stereocenters. The maximum absolute atomic E-state index is 12.9. The number of hydrogen-bond donors (Lipinski definition) is 3. The Bertz CT molecular complexity index is 909. The minimum Gasteiger partial charge on any atom is -0.493 e. The Morgan fingerprint density at radius 2 is 1.72 bits per heavy atom. The molecule has 174 valence electrons. The Kier molecular flexibility index (Phi) is 6.67. The maximum Gasteiger partial charge on any atom is 0.267 e. The van der Waals surface area contributed by atoms with E-state index in [1.807, 2.05) is 24.3 Å². The van der Waals surface area contributed by atoms with E-state index in [9.17, 15) is 9.90 Å². The predicted molar refractivity (Wildman–Crippen MR) is 125 cm³/mol. The molecular formula is C25H36N4O3. The largest absolute Gasteiger partial charge is 0.493 e. The SMILES string of the molecule is O=C(NC1CCN(CCN2CCC(O)CC2)CC1)c1cc2c(OCC3CC3)cccc2[nH]1. The predicted octanol–water partition coefficient (Wildman–Crippen LogP) is 2.61. The molecule has 32 heavy (non-hydrogen) atoms. The smallest absolute Gasteiger partial charge is 0.267 e. The summed E-state index contributed by atoms with van der Waals surface area (Å²) in [5, 5.41) is 13.9. The summed E-state index contributed by atoms with van der Waals surface area (Å²) in [6.07, 6.45) is 6.19. The first-order valence-corrected chi connectivity index (χ1v) is 12.3. The summed E-state index contributed by atoms with van der Waals surface area (Å²) in [4.78, 5) is 21.1. The Balaban J connectivity index is 1.09. The lowest BCUT2D eigenvalue weighted by atomic mass is 10.0. The number of nitrogens with one attached hydrogen (secondary N) is 2. The van der Waals surface area contributed by atoms with Crippen LogP contribution in [-0.2, 0) is 0 Å². The summed E-state index contributed by atoms with van der Waals surface area (Å²) in [6, 6.07) is 8.11. The van der Waals surface area contributed by atoms with Gasteiger partial charge in [-0.3, -0.25) is 4.79 Å². The second kappa shape index (κ2) is 9.81. The number of piperidine rings is 2. The van der Waals surface area contributed by atoms with Crippen LogP contribution in [0.15, 0.2) is 24.3 Å². The fraction of sp³-hybridized carbons (Fsp3) is 0.640. The van der Waals surface area contributed by atoms with Crippen LogP contribution in [0.5, 0.6) is 5.75 Å². The number of benzene rings is 1. The van der Waals surface area contributed by atoms with Crippen molar-refractivity contribution in [1.82, 2.24) is 20.1 Å². The van der Waals surface area contributed by atoms with E-state index in [1.165, 1.54) is 12.8 Å². The number of nitrogens with zero attached hydrogens (tertiary/aromatic N) is 2. The van der Waals surface area contributed by atoms with E-state index in [0.29, 0.717) is 11.6 Å². The fourth-order valence-electron chi connectivity index (χ4n) is 4.86. The van der Waals surface area contributed by atoms with E-state index in [2.05, 4.69) is 20.1 Å². The van der Waals surface area contributed by atoms with Gasteiger partial charge in [-0.15, -0.1) is 0 Å². The van der Waals surface area contributed by atoms with Crippen LogP contribution in [0.4, 0.5) is 0 Å². The highest BCUT2D eigenvalue weighted by atomic mass is 16.5. The molecule has 1 saturated carbocycles. The highest BCUT2D eigenvalue weighted by molar-refractivity contribution is 5.99. The number of aromatic amines is 1. The molecule has 0 spiro atoms. The first kappa shape index (κ1) is 21.7. The molecule has 0 unspecified atom stereocenters. The second-order valence-corrected chi connectivity index (χ2v) is 9.82. The van der Waals surface area contributed by atoms with Gasteiger partial charge in [0.2, 0.25) is 0 Å². The number of likely N-dealkylation sites (tertiary alicyclic amines) is 2. The first-order chi connectivity index (χ1) is 15.6. The van der Waals surface area contributed by atoms with Crippen molar-refractivity contribution in [2.24, 2.45) is 5.92 Å². The summed E-state index contributed by atoms with van der Waals surface area (Å²) in [5.74, 6) is 1.53.